The Labute approximate surface area is 77.3 Å². The van der Waals surface area contributed by atoms with Gasteiger partial charge in [0.15, 0.2) is 11.6 Å². The van der Waals surface area contributed by atoms with Crippen LogP contribution >= 0.6 is 0 Å². The largest absolute Gasteiger partial charge is 0.491 e. The lowest BCUT2D eigenvalue weighted by Crippen LogP contribution is -1.96. The Balaban J connectivity index is 2.79. The van der Waals surface area contributed by atoms with E-state index in [2.05, 4.69) is 0 Å². The predicted octanol–water partition coefficient (Wildman–Crippen LogP) is 2.37. The lowest BCUT2D eigenvalue weighted by Gasteiger charge is -2.05. The minimum Gasteiger partial charge on any atom is -0.491 e. The molecule has 1 aromatic carbocycles. The SMILES string of the molecule is CCOc1ccc(COC)cc1F. The molecule has 0 radical (unpaired) electrons. The zero-order valence-electron chi connectivity index (χ0n) is 7.84. The number of methoxy groups -OCH3 is 1. The predicted molar refractivity (Wildman–Crippen MR) is 48.3 cm³/mol. The fourth-order valence-corrected chi connectivity index (χ4v) is 1.07. The van der Waals surface area contributed by atoms with Crippen LogP contribution in [0.2, 0.25) is 0 Å². The summed E-state index contributed by atoms with van der Waals surface area (Å²) in [6, 6.07) is 4.83. The Morgan fingerprint density at radius 2 is 2.15 bits per heavy atom. The molecule has 0 aliphatic rings. The summed E-state index contributed by atoms with van der Waals surface area (Å²) < 4.78 is 23.1. The molecule has 0 unspecified atom stereocenters. The van der Waals surface area contributed by atoms with Gasteiger partial charge in [0, 0.05) is 7.11 Å². The Morgan fingerprint density at radius 1 is 1.38 bits per heavy atom. The number of ether oxygens (including phenoxy) is 2. The van der Waals surface area contributed by atoms with Crippen LogP contribution < -0.4 is 4.74 Å². The van der Waals surface area contributed by atoms with E-state index in [0.717, 1.165) is 5.56 Å². The molecule has 0 fully saturated rings. The van der Waals surface area contributed by atoms with Gasteiger partial charge in [-0.1, -0.05) is 6.07 Å². The average molecular weight is 184 g/mol. The molecule has 0 heterocycles. The van der Waals surface area contributed by atoms with Crippen LogP contribution in [0, 0.1) is 5.82 Å². The lowest BCUT2D eigenvalue weighted by molar-refractivity contribution is 0.184. The highest BCUT2D eigenvalue weighted by Gasteiger charge is 2.03. The van der Waals surface area contributed by atoms with Gasteiger partial charge in [0.25, 0.3) is 0 Å². The second-order valence-corrected chi connectivity index (χ2v) is 2.63. The van der Waals surface area contributed by atoms with Gasteiger partial charge in [-0.3, -0.25) is 0 Å². The zero-order chi connectivity index (χ0) is 9.68. The molecule has 3 heteroatoms. The average Bonchev–Trinajstić information content (AvgIpc) is 2.10. The summed E-state index contributed by atoms with van der Waals surface area (Å²) in [6.07, 6.45) is 0. The topological polar surface area (TPSA) is 18.5 Å². The molecule has 0 aromatic heterocycles. The summed E-state index contributed by atoms with van der Waals surface area (Å²) in [6.45, 7) is 2.71. The summed E-state index contributed by atoms with van der Waals surface area (Å²) in [5.41, 5.74) is 0.809. The van der Waals surface area contributed by atoms with E-state index < -0.39 is 0 Å². The van der Waals surface area contributed by atoms with Crippen LogP contribution in [-0.2, 0) is 11.3 Å². The van der Waals surface area contributed by atoms with Crippen LogP contribution in [0.25, 0.3) is 0 Å². The molecule has 0 aliphatic carbocycles. The molecule has 0 N–H and O–H groups in total. The van der Waals surface area contributed by atoms with E-state index >= 15 is 0 Å². The van der Waals surface area contributed by atoms with Crippen molar-refractivity contribution >= 4 is 0 Å². The summed E-state index contributed by atoms with van der Waals surface area (Å²) in [5, 5.41) is 0. The molecule has 0 amide bonds. The van der Waals surface area contributed by atoms with Crippen LogP contribution in [0.4, 0.5) is 4.39 Å². The van der Waals surface area contributed by atoms with E-state index in [4.69, 9.17) is 9.47 Å². The van der Waals surface area contributed by atoms with Gasteiger partial charge >= 0.3 is 0 Å². The minimum absolute atomic E-state index is 0.294. The van der Waals surface area contributed by atoms with Gasteiger partial charge in [-0.2, -0.15) is 0 Å². The van der Waals surface area contributed by atoms with Crippen LogP contribution in [0.1, 0.15) is 12.5 Å². The molecule has 0 bridgehead atoms. The quantitative estimate of drug-likeness (QED) is 0.715. The third-order valence-electron chi connectivity index (χ3n) is 1.61. The normalized spacial score (nSPS) is 10.1. The Morgan fingerprint density at radius 3 is 2.69 bits per heavy atom. The van der Waals surface area contributed by atoms with E-state index in [-0.39, 0.29) is 5.82 Å². The van der Waals surface area contributed by atoms with Crippen molar-refractivity contribution in [3.63, 3.8) is 0 Å². The minimum atomic E-state index is -0.337. The maximum atomic E-state index is 13.2. The number of halogens is 1. The smallest absolute Gasteiger partial charge is 0.165 e. The number of rotatable bonds is 4. The number of hydrogen-bond acceptors (Lipinski definition) is 2. The van der Waals surface area contributed by atoms with Gasteiger partial charge in [0.1, 0.15) is 0 Å². The molecule has 0 atom stereocenters. The first-order valence-corrected chi connectivity index (χ1v) is 4.18. The van der Waals surface area contributed by atoms with Crippen molar-refractivity contribution in [1.82, 2.24) is 0 Å². The molecule has 13 heavy (non-hydrogen) atoms. The second kappa shape index (κ2) is 4.82. The molecule has 0 spiro atoms. The number of benzene rings is 1. The Hall–Kier alpha value is -1.09. The highest BCUT2D eigenvalue weighted by atomic mass is 19.1. The van der Waals surface area contributed by atoms with Gasteiger partial charge in [-0.05, 0) is 24.6 Å². The van der Waals surface area contributed by atoms with Crippen molar-refractivity contribution in [2.75, 3.05) is 13.7 Å². The fraction of sp³-hybridized carbons (Fsp3) is 0.400. The van der Waals surface area contributed by atoms with E-state index in [9.17, 15) is 4.39 Å². The van der Waals surface area contributed by atoms with E-state index in [1.54, 1.807) is 19.2 Å². The number of hydrogen-bond donors (Lipinski definition) is 0. The van der Waals surface area contributed by atoms with Crippen LogP contribution in [0.15, 0.2) is 18.2 Å². The van der Waals surface area contributed by atoms with Gasteiger partial charge in [-0.25, -0.2) is 4.39 Å². The molecule has 2 nitrogen and oxygen atoms in total. The highest BCUT2D eigenvalue weighted by Crippen LogP contribution is 2.18. The monoisotopic (exact) mass is 184 g/mol. The lowest BCUT2D eigenvalue weighted by atomic mass is 10.2. The van der Waals surface area contributed by atoms with Crippen molar-refractivity contribution in [2.24, 2.45) is 0 Å². The first-order valence-electron chi connectivity index (χ1n) is 4.18. The van der Waals surface area contributed by atoms with Crippen molar-refractivity contribution in [1.29, 1.82) is 0 Å². The molecular weight excluding hydrogens is 171 g/mol. The summed E-state index contributed by atoms with van der Waals surface area (Å²) >= 11 is 0. The van der Waals surface area contributed by atoms with E-state index in [0.29, 0.717) is 19.0 Å². The fourth-order valence-electron chi connectivity index (χ4n) is 1.07. The zero-order valence-corrected chi connectivity index (χ0v) is 7.84. The molecular formula is C10H13FO2. The van der Waals surface area contributed by atoms with Crippen molar-refractivity contribution < 1.29 is 13.9 Å². The van der Waals surface area contributed by atoms with E-state index in [1.165, 1.54) is 6.07 Å². The molecule has 1 aromatic rings. The molecule has 0 aliphatic heterocycles. The molecule has 1 rings (SSSR count). The summed E-state index contributed by atoms with van der Waals surface area (Å²) in [5.74, 6) is -0.0428. The maximum Gasteiger partial charge on any atom is 0.165 e. The standard InChI is InChI=1S/C10H13FO2/c1-3-13-10-5-4-8(7-12-2)6-9(10)11/h4-6H,3,7H2,1-2H3. The van der Waals surface area contributed by atoms with Crippen LogP contribution in [-0.4, -0.2) is 13.7 Å². The molecule has 72 valence electrons. The summed E-state index contributed by atoms with van der Waals surface area (Å²) in [7, 11) is 1.58. The Kier molecular flexibility index (Phi) is 3.71. The molecule has 0 saturated heterocycles. The molecule has 0 saturated carbocycles. The van der Waals surface area contributed by atoms with Crippen LogP contribution in [0.3, 0.4) is 0 Å². The third-order valence-corrected chi connectivity index (χ3v) is 1.61. The van der Waals surface area contributed by atoms with Gasteiger partial charge < -0.3 is 9.47 Å². The van der Waals surface area contributed by atoms with Crippen LogP contribution in [0.5, 0.6) is 5.75 Å². The Bertz CT molecular complexity index is 274. The van der Waals surface area contributed by atoms with Crippen molar-refractivity contribution in [2.45, 2.75) is 13.5 Å². The van der Waals surface area contributed by atoms with Gasteiger partial charge in [0.05, 0.1) is 13.2 Å². The summed E-state index contributed by atoms with van der Waals surface area (Å²) in [4.78, 5) is 0. The van der Waals surface area contributed by atoms with Crippen molar-refractivity contribution in [3.8, 4) is 5.75 Å². The van der Waals surface area contributed by atoms with Gasteiger partial charge in [-0.15, -0.1) is 0 Å². The van der Waals surface area contributed by atoms with E-state index in [1.807, 2.05) is 6.92 Å². The first-order chi connectivity index (χ1) is 6.27. The highest BCUT2D eigenvalue weighted by molar-refractivity contribution is 5.28. The maximum absolute atomic E-state index is 13.2. The van der Waals surface area contributed by atoms with Gasteiger partial charge in [0.2, 0.25) is 0 Å². The second-order valence-electron chi connectivity index (χ2n) is 2.63. The van der Waals surface area contributed by atoms with Crippen molar-refractivity contribution in [3.05, 3.63) is 29.6 Å². The first kappa shape index (κ1) is 9.99. The third kappa shape index (κ3) is 2.70.